The van der Waals surface area contributed by atoms with Crippen molar-refractivity contribution >= 4 is 16.9 Å². The van der Waals surface area contributed by atoms with Gasteiger partial charge in [-0.15, -0.1) is 0 Å². The molecule has 0 aliphatic heterocycles. The van der Waals surface area contributed by atoms with Gasteiger partial charge in [-0.05, 0) is 67.3 Å². The molecule has 0 aliphatic carbocycles. The highest BCUT2D eigenvalue weighted by atomic mass is 19.4. The maximum atomic E-state index is 14.0. The molecule has 0 radical (unpaired) electrons. The van der Waals surface area contributed by atoms with Gasteiger partial charge in [0.1, 0.15) is 17.1 Å². The van der Waals surface area contributed by atoms with Crippen LogP contribution in [0.1, 0.15) is 32.8 Å². The summed E-state index contributed by atoms with van der Waals surface area (Å²) in [5.74, 6) is -3.29. The maximum absolute atomic E-state index is 14.0. The smallest absolute Gasteiger partial charge is 0.449 e. The third-order valence-electron chi connectivity index (χ3n) is 6.35. The van der Waals surface area contributed by atoms with Gasteiger partial charge < -0.3 is 13.9 Å². The van der Waals surface area contributed by atoms with Crippen molar-refractivity contribution in [3.63, 3.8) is 0 Å². The van der Waals surface area contributed by atoms with Crippen LogP contribution in [-0.4, -0.2) is 5.97 Å². The summed E-state index contributed by atoms with van der Waals surface area (Å²) in [5, 5.41) is -0.161. The summed E-state index contributed by atoms with van der Waals surface area (Å²) in [5.41, 5.74) is 3.07. The van der Waals surface area contributed by atoms with E-state index in [0.29, 0.717) is 16.7 Å². The van der Waals surface area contributed by atoms with Gasteiger partial charge in [-0.1, -0.05) is 60.2 Å². The number of esters is 1. The van der Waals surface area contributed by atoms with Crippen LogP contribution in [0.3, 0.4) is 0 Å². The molecule has 8 heteroatoms. The molecule has 0 atom stereocenters. The van der Waals surface area contributed by atoms with E-state index in [-0.39, 0.29) is 16.9 Å². The lowest BCUT2D eigenvalue weighted by Crippen LogP contribution is -2.16. The van der Waals surface area contributed by atoms with Crippen LogP contribution in [0, 0.1) is 20.8 Å². The number of rotatable bonds is 5. The fraction of sp³-hybridized carbons (Fsp3) is 0.125. The van der Waals surface area contributed by atoms with Crippen LogP contribution < -0.4 is 14.9 Å². The zero-order chi connectivity index (χ0) is 28.6. The Kier molecular flexibility index (Phi) is 6.94. The number of alkyl halides is 3. The summed E-state index contributed by atoms with van der Waals surface area (Å²) in [7, 11) is 0. The highest BCUT2D eigenvalue weighted by Crippen LogP contribution is 2.39. The summed E-state index contributed by atoms with van der Waals surface area (Å²) in [6.07, 6.45) is -5.03. The quantitative estimate of drug-likeness (QED) is 0.164. The Morgan fingerprint density at radius 2 is 1.38 bits per heavy atom. The summed E-state index contributed by atoms with van der Waals surface area (Å²) in [4.78, 5) is 26.0. The molecule has 0 saturated heterocycles. The molecule has 4 aromatic carbocycles. The van der Waals surface area contributed by atoms with Gasteiger partial charge in [-0.25, -0.2) is 4.79 Å². The number of fused-ring (bicyclic) bond motifs is 1. The van der Waals surface area contributed by atoms with Crippen molar-refractivity contribution in [1.82, 2.24) is 0 Å². The van der Waals surface area contributed by atoms with Crippen molar-refractivity contribution in [1.29, 1.82) is 0 Å². The predicted molar refractivity (Wildman–Crippen MR) is 145 cm³/mol. The molecular weight excluding hydrogens is 521 g/mol. The van der Waals surface area contributed by atoms with Gasteiger partial charge in [0, 0.05) is 6.07 Å². The summed E-state index contributed by atoms with van der Waals surface area (Å²) < 4.78 is 58.0. The fourth-order valence-electron chi connectivity index (χ4n) is 4.62. The van der Waals surface area contributed by atoms with Crippen molar-refractivity contribution in [3.8, 4) is 28.4 Å². The first-order chi connectivity index (χ1) is 19.0. The van der Waals surface area contributed by atoms with E-state index in [0.717, 1.165) is 22.8 Å². The van der Waals surface area contributed by atoms with E-state index in [1.54, 1.807) is 26.0 Å². The van der Waals surface area contributed by atoms with Crippen LogP contribution >= 0.6 is 0 Å². The number of hydrogen-bond donors (Lipinski definition) is 0. The molecule has 1 heterocycles. The van der Waals surface area contributed by atoms with E-state index in [4.69, 9.17) is 13.9 Å². The van der Waals surface area contributed by atoms with Crippen molar-refractivity contribution in [2.45, 2.75) is 26.9 Å². The van der Waals surface area contributed by atoms with Crippen molar-refractivity contribution < 1.29 is 31.9 Å². The van der Waals surface area contributed by atoms with Crippen LogP contribution in [-0.2, 0) is 6.18 Å². The van der Waals surface area contributed by atoms with Gasteiger partial charge in [-0.2, -0.15) is 13.2 Å². The Morgan fingerprint density at radius 3 is 2.00 bits per heavy atom. The van der Waals surface area contributed by atoms with Gasteiger partial charge in [0.2, 0.25) is 11.2 Å². The highest BCUT2D eigenvalue weighted by Gasteiger charge is 2.40. The lowest BCUT2D eigenvalue weighted by molar-refractivity contribution is -0.154. The molecule has 1 aromatic heterocycles. The van der Waals surface area contributed by atoms with E-state index in [9.17, 15) is 22.8 Å². The minimum absolute atomic E-state index is 0.0335. The average Bonchev–Trinajstić information content (AvgIpc) is 2.90. The van der Waals surface area contributed by atoms with Crippen LogP contribution in [0.25, 0.3) is 22.1 Å². The maximum Gasteiger partial charge on any atom is 0.453 e. The SMILES string of the molecule is Cc1cc(C)c(C(=O)Oc2ccc3c(=O)c(Oc4ccc(-c5ccccc5)cc4)c(C(F)(F)F)oc3c2)c(C)c1. The number of carbonyl (C=O) groups excluding carboxylic acids is 1. The molecule has 5 nitrogen and oxygen atoms in total. The molecule has 0 unspecified atom stereocenters. The number of aryl methyl sites for hydroxylation is 3. The molecule has 0 saturated carbocycles. The Labute approximate surface area is 227 Å². The Morgan fingerprint density at radius 1 is 0.775 bits per heavy atom. The fourth-order valence-corrected chi connectivity index (χ4v) is 4.62. The summed E-state index contributed by atoms with van der Waals surface area (Å²) in [6, 6.07) is 23.0. The van der Waals surface area contributed by atoms with Crippen LogP contribution in [0.15, 0.2) is 94.1 Å². The first-order valence-electron chi connectivity index (χ1n) is 12.3. The molecule has 0 fully saturated rings. The van der Waals surface area contributed by atoms with E-state index in [2.05, 4.69) is 0 Å². The topological polar surface area (TPSA) is 65.7 Å². The Bertz CT molecular complexity index is 1760. The number of halogens is 3. The lowest BCUT2D eigenvalue weighted by Gasteiger charge is -2.14. The van der Waals surface area contributed by atoms with Gasteiger partial charge in [0.25, 0.3) is 5.76 Å². The van der Waals surface area contributed by atoms with Crippen molar-refractivity contribution in [3.05, 3.63) is 123 Å². The third kappa shape index (κ3) is 5.33. The predicted octanol–water partition coefficient (Wildman–Crippen LogP) is 8.42. The van der Waals surface area contributed by atoms with E-state index in [1.165, 1.54) is 24.3 Å². The van der Waals surface area contributed by atoms with E-state index >= 15 is 0 Å². The average molecular weight is 545 g/mol. The zero-order valence-electron chi connectivity index (χ0n) is 21.8. The standard InChI is InChI=1S/C32H23F3O5/c1-18-15-19(2)27(20(3)16-18)31(37)39-24-13-14-25-26(17-24)40-30(32(33,34)35)29(28(25)36)38-23-11-9-22(10-12-23)21-7-5-4-6-8-21/h4-17H,1-3H3. The molecule has 0 spiro atoms. The Hall–Kier alpha value is -4.85. The lowest BCUT2D eigenvalue weighted by atomic mass is 10.00. The number of carbonyl (C=O) groups is 1. The van der Waals surface area contributed by atoms with Gasteiger partial charge in [0.15, 0.2) is 0 Å². The third-order valence-corrected chi connectivity index (χ3v) is 6.35. The number of benzene rings is 4. The molecule has 0 N–H and O–H groups in total. The molecule has 0 amide bonds. The summed E-state index contributed by atoms with van der Waals surface area (Å²) in [6.45, 7) is 5.43. The molecular formula is C32H23F3O5. The second-order valence-corrected chi connectivity index (χ2v) is 9.40. The highest BCUT2D eigenvalue weighted by molar-refractivity contribution is 5.94. The normalized spacial score (nSPS) is 11.4. The molecule has 202 valence electrons. The first-order valence-corrected chi connectivity index (χ1v) is 12.3. The van der Waals surface area contributed by atoms with Crippen LogP contribution in [0.4, 0.5) is 13.2 Å². The molecule has 0 aliphatic rings. The molecule has 5 rings (SSSR count). The van der Waals surface area contributed by atoms with Gasteiger partial charge >= 0.3 is 12.1 Å². The van der Waals surface area contributed by atoms with E-state index < -0.39 is 34.7 Å². The second kappa shape index (κ2) is 10.4. The van der Waals surface area contributed by atoms with E-state index in [1.807, 2.05) is 49.4 Å². The molecule has 40 heavy (non-hydrogen) atoms. The monoisotopic (exact) mass is 544 g/mol. The largest absolute Gasteiger partial charge is 0.453 e. The summed E-state index contributed by atoms with van der Waals surface area (Å²) >= 11 is 0. The first kappa shape index (κ1) is 26.7. The van der Waals surface area contributed by atoms with Crippen LogP contribution in [0.2, 0.25) is 0 Å². The van der Waals surface area contributed by atoms with Crippen molar-refractivity contribution in [2.75, 3.05) is 0 Å². The number of hydrogen-bond acceptors (Lipinski definition) is 5. The minimum atomic E-state index is -5.03. The Balaban J connectivity index is 1.49. The molecule has 0 bridgehead atoms. The van der Waals surface area contributed by atoms with Gasteiger partial charge in [-0.3, -0.25) is 4.79 Å². The second-order valence-electron chi connectivity index (χ2n) is 9.40. The minimum Gasteiger partial charge on any atom is -0.449 e. The van der Waals surface area contributed by atoms with Crippen LogP contribution in [0.5, 0.6) is 17.2 Å². The zero-order valence-corrected chi connectivity index (χ0v) is 21.8. The molecule has 5 aromatic rings. The number of ether oxygens (including phenoxy) is 2. The van der Waals surface area contributed by atoms with Gasteiger partial charge in [0.05, 0.1) is 10.9 Å². The van der Waals surface area contributed by atoms with Crippen molar-refractivity contribution in [2.24, 2.45) is 0 Å².